The first-order chi connectivity index (χ1) is 14.9. The predicted octanol–water partition coefficient (Wildman–Crippen LogP) is 2.85. The third-order valence-corrected chi connectivity index (χ3v) is 7.02. The molecule has 2 heterocycles. The summed E-state index contributed by atoms with van der Waals surface area (Å²) in [6.07, 6.45) is 1.60. The monoisotopic (exact) mass is 443 g/mol. The van der Waals surface area contributed by atoms with Crippen LogP contribution in [0.25, 0.3) is 10.9 Å². The van der Waals surface area contributed by atoms with E-state index in [2.05, 4.69) is 15.5 Å². The molecular formula is C20H21N5O5S. The highest BCUT2D eigenvalue weighted by atomic mass is 32.2. The molecule has 10 nitrogen and oxygen atoms in total. The van der Waals surface area contributed by atoms with Crippen molar-refractivity contribution in [2.45, 2.75) is 11.8 Å². The second-order valence-electron chi connectivity index (χ2n) is 7.03. The van der Waals surface area contributed by atoms with Crippen molar-refractivity contribution < 1.29 is 18.1 Å². The zero-order valence-electron chi connectivity index (χ0n) is 16.7. The zero-order valence-corrected chi connectivity index (χ0v) is 17.6. The fourth-order valence-electron chi connectivity index (χ4n) is 3.49. The van der Waals surface area contributed by atoms with Gasteiger partial charge in [-0.3, -0.25) is 15.5 Å². The molecule has 3 aromatic rings. The fourth-order valence-corrected chi connectivity index (χ4v) is 5.06. The van der Waals surface area contributed by atoms with Crippen molar-refractivity contribution >= 4 is 38.5 Å². The van der Waals surface area contributed by atoms with E-state index in [1.807, 2.05) is 31.2 Å². The third-order valence-electron chi connectivity index (χ3n) is 5.09. The molecule has 0 unspecified atom stereocenters. The molecule has 2 aromatic carbocycles. The number of ether oxygens (including phenoxy) is 1. The molecule has 1 aliphatic rings. The summed E-state index contributed by atoms with van der Waals surface area (Å²) < 4.78 is 32.8. The number of H-pyrrole nitrogens is 1. The lowest BCUT2D eigenvalue weighted by atomic mass is 10.1. The van der Waals surface area contributed by atoms with Crippen LogP contribution < -0.4 is 5.43 Å². The lowest BCUT2D eigenvalue weighted by Gasteiger charge is -2.26. The molecule has 162 valence electrons. The number of nitrogens with zero attached hydrogens (tertiary/aromatic N) is 3. The molecule has 0 bridgehead atoms. The van der Waals surface area contributed by atoms with Crippen LogP contribution in [-0.4, -0.2) is 55.1 Å². The zero-order chi connectivity index (χ0) is 22.0. The molecule has 2 N–H and O–H groups in total. The van der Waals surface area contributed by atoms with E-state index in [0.29, 0.717) is 0 Å². The van der Waals surface area contributed by atoms with E-state index < -0.39 is 14.9 Å². The van der Waals surface area contributed by atoms with Crippen molar-refractivity contribution in [3.63, 3.8) is 0 Å². The Morgan fingerprint density at radius 2 is 1.97 bits per heavy atom. The minimum absolute atomic E-state index is 0.158. The summed E-state index contributed by atoms with van der Waals surface area (Å²) in [6, 6.07) is 11.4. The average molecular weight is 443 g/mol. The lowest BCUT2D eigenvalue weighted by Crippen LogP contribution is -2.40. The highest BCUT2D eigenvalue weighted by molar-refractivity contribution is 7.89. The highest BCUT2D eigenvalue weighted by Gasteiger charge is 2.30. The van der Waals surface area contributed by atoms with Crippen LogP contribution in [0, 0.1) is 17.0 Å². The Hall–Kier alpha value is -3.28. The molecule has 0 aliphatic carbocycles. The van der Waals surface area contributed by atoms with Crippen molar-refractivity contribution in [1.29, 1.82) is 0 Å². The average Bonchev–Trinajstić information content (AvgIpc) is 3.09. The normalized spacial score (nSPS) is 15.5. The van der Waals surface area contributed by atoms with Crippen molar-refractivity contribution in [2.24, 2.45) is 5.10 Å². The minimum atomic E-state index is -3.97. The number of aromatic nitrogens is 1. The van der Waals surface area contributed by atoms with E-state index in [-0.39, 0.29) is 42.6 Å². The summed E-state index contributed by atoms with van der Waals surface area (Å²) in [5.74, 6) is 0. The number of fused-ring (bicyclic) bond motifs is 1. The fraction of sp³-hybridized carbons (Fsp3) is 0.250. The lowest BCUT2D eigenvalue weighted by molar-refractivity contribution is -0.385. The maximum atomic E-state index is 13.2. The van der Waals surface area contributed by atoms with Crippen molar-refractivity contribution in [1.82, 2.24) is 9.29 Å². The molecule has 1 aliphatic heterocycles. The second-order valence-corrected chi connectivity index (χ2v) is 8.94. The molecule has 11 heteroatoms. The number of aryl methyl sites for hydroxylation is 1. The number of anilines is 1. The summed E-state index contributed by atoms with van der Waals surface area (Å²) in [5.41, 5.74) is 5.34. The van der Waals surface area contributed by atoms with Gasteiger partial charge in [0, 0.05) is 47.4 Å². The number of hydrogen-bond donors (Lipinski definition) is 2. The number of nitro benzene ring substituents is 1. The van der Waals surface area contributed by atoms with Gasteiger partial charge in [0.25, 0.3) is 5.69 Å². The van der Waals surface area contributed by atoms with Crippen LogP contribution in [0.1, 0.15) is 11.3 Å². The van der Waals surface area contributed by atoms with Gasteiger partial charge in [-0.15, -0.1) is 0 Å². The first-order valence-electron chi connectivity index (χ1n) is 9.60. The Bertz CT molecular complexity index is 1260. The number of benzene rings is 2. The first kappa shape index (κ1) is 21.0. The van der Waals surface area contributed by atoms with E-state index in [0.717, 1.165) is 28.2 Å². The van der Waals surface area contributed by atoms with Gasteiger partial charge < -0.3 is 9.72 Å². The molecule has 0 saturated carbocycles. The Morgan fingerprint density at radius 1 is 1.23 bits per heavy atom. The van der Waals surface area contributed by atoms with Gasteiger partial charge in [-0.05, 0) is 19.1 Å². The van der Waals surface area contributed by atoms with E-state index in [1.165, 1.54) is 16.4 Å². The van der Waals surface area contributed by atoms with Crippen LogP contribution in [0.2, 0.25) is 0 Å². The van der Waals surface area contributed by atoms with E-state index >= 15 is 0 Å². The maximum Gasteiger partial charge on any atom is 0.270 e. The van der Waals surface area contributed by atoms with Crippen LogP contribution in [0.15, 0.2) is 52.5 Å². The van der Waals surface area contributed by atoms with Crippen molar-refractivity contribution in [2.75, 3.05) is 31.7 Å². The van der Waals surface area contributed by atoms with Gasteiger partial charge in [0.15, 0.2) is 0 Å². The summed E-state index contributed by atoms with van der Waals surface area (Å²) in [4.78, 5) is 13.7. The van der Waals surface area contributed by atoms with Gasteiger partial charge in [-0.2, -0.15) is 9.41 Å². The second kappa shape index (κ2) is 8.46. The van der Waals surface area contributed by atoms with Gasteiger partial charge in [0.05, 0.1) is 30.0 Å². The standard InChI is InChI=1S/C20H21N5O5S/c1-14-17(16-4-2-3-5-18(16)22-14)13-21-23-19-7-6-15(25(26)27)12-20(19)31(28,29)24-8-10-30-11-9-24/h2-7,12-13,22-23H,8-11H2,1H3. The van der Waals surface area contributed by atoms with E-state index in [9.17, 15) is 18.5 Å². The van der Waals surface area contributed by atoms with Crippen LogP contribution >= 0.6 is 0 Å². The predicted molar refractivity (Wildman–Crippen MR) is 117 cm³/mol. The number of rotatable bonds is 6. The smallest absolute Gasteiger partial charge is 0.270 e. The van der Waals surface area contributed by atoms with Crippen molar-refractivity contribution in [3.8, 4) is 0 Å². The quantitative estimate of drug-likeness (QED) is 0.342. The van der Waals surface area contributed by atoms with Crippen LogP contribution in [0.5, 0.6) is 0 Å². The molecule has 0 radical (unpaired) electrons. The molecular weight excluding hydrogens is 422 g/mol. The Labute approximate surface area is 178 Å². The minimum Gasteiger partial charge on any atom is -0.379 e. The van der Waals surface area contributed by atoms with Gasteiger partial charge >= 0.3 is 0 Å². The van der Waals surface area contributed by atoms with Crippen LogP contribution in [0.3, 0.4) is 0 Å². The number of non-ortho nitro benzene ring substituents is 1. The number of nitrogens with one attached hydrogen (secondary N) is 2. The number of hydrazone groups is 1. The largest absolute Gasteiger partial charge is 0.379 e. The SMILES string of the molecule is Cc1[nH]c2ccccc2c1C=NNc1ccc([N+](=O)[O-])cc1S(=O)(=O)N1CCOCC1. The summed E-state index contributed by atoms with van der Waals surface area (Å²) in [5, 5.41) is 16.4. The summed E-state index contributed by atoms with van der Waals surface area (Å²) in [7, 11) is -3.97. The maximum absolute atomic E-state index is 13.2. The molecule has 0 amide bonds. The molecule has 4 rings (SSSR count). The Morgan fingerprint density at radius 3 is 2.71 bits per heavy atom. The molecule has 0 atom stereocenters. The number of hydrogen-bond acceptors (Lipinski definition) is 7. The topological polar surface area (TPSA) is 130 Å². The number of para-hydroxylation sites is 1. The summed E-state index contributed by atoms with van der Waals surface area (Å²) >= 11 is 0. The number of sulfonamides is 1. The van der Waals surface area contributed by atoms with Gasteiger partial charge in [-0.25, -0.2) is 8.42 Å². The summed E-state index contributed by atoms with van der Waals surface area (Å²) in [6.45, 7) is 2.83. The van der Waals surface area contributed by atoms with Gasteiger partial charge in [0.1, 0.15) is 4.90 Å². The highest BCUT2D eigenvalue weighted by Crippen LogP contribution is 2.29. The third kappa shape index (κ3) is 4.15. The molecule has 31 heavy (non-hydrogen) atoms. The van der Waals surface area contributed by atoms with Crippen LogP contribution in [-0.2, 0) is 14.8 Å². The Kier molecular flexibility index (Phi) is 5.72. The first-order valence-corrected chi connectivity index (χ1v) is 11.0. The number of aromatic amines is 1. The van der Waals surface area contributed by atoms with E-state index in [4.69, 9.17) is 4.74 Å². The molecule has 1 aromatic heterocycles. The van der Waals surface area contributed by atoms with Gasteiger partial charge in [0.2, 0.25) is 10.0 Å². The number of nitro groups is 1. The van der Waals surface area contributed by atoms with Crippen LogP contribution in [0.4, 0.5) is 11.4 Å². The Balaban J connectivity index is 1.68. The van der Waals surface area contributed by atoms with Gasteiger partial charge in [-0.1, -0.05) is 18.2 Å². The molecule has 0 spiro atoms. The molecule has 1 fully saturated rings. The molecule has 1 saturated heterocycles. The van der Waals surface area contributed by atoms with Crippen molar-refractivity contribution in [3.05, 3.63) is 63.8 Å². The van der Waals surface area contributed by atoms with E-state index in [1.54, 1.807) is 6.21 Å². The number of morpholine rings is 1.